The minimum absolute atomic E-state index is 0.206. The fourth-order valence-corrected chi connectivity index (χ4v) is 1.89. The first-order valence-electron chi connectivity index (χ1n) is 4.33. The van der Waals surface area contributed by atoms with Gasteiger partial charge in [0.1, 0.15) is 0 Å². The van der Waals surface area contributed by atoms with Gasteiger partial charge in [0, 0.05) is 0 Å². The number of hydrogen-bond acceptors (Lipinski definition) is 2. The Morgan fingerprint density at radius 2 is 2.33 bits per heavy atom. The summed E-state index contributed by atoms with van der Waals surface area (Å²) in [7, 11) is -3.82. The molecule has 0 aromatic heterocycles. The van der Waals surface area contributed by atoms with Crippen molar-refractivity contribution in [2.75, 3.05) is 6.16 Å². The van der Waals surface area contributed by atoms with Gasteiger partial charge < -0.3 is 9.42 Å². The Labute approximate surface area is 87.7 Å². The van der Waals surface area contributed by atoms with Crippen LogP contribution in [0.15, 0.2) is 30.9 Å². The number of hydrogen-bond donors (Lipinski definition) is 1. The molecule has 0 aliphatic carbocycles. The van der Waals surface area contributed by atoms with Crippen molar-refractivity contribution in [3.63, 3.8) is 0 Å². The summed E-state index contributed by atoms with van der Waals surface area (Å²) < 4.78 is 29.5. The molecule has 82 valence electrons. The number of rotatable bonds is 4. The third kappa shape index (κ3) is 3.18. The lowest BCUT2D eigenvalue weighted by atomic mass is 10.2. The number of benzene rings is 1. The second-order valence-corrected chi connectivity index (χ2v) is 4.91. The van der Waals surface area contributed by atoms with Gasteiger partial charge >= 0.3 is 7.60 Å². The van der Waals surface area contributed by atoms with Crippen molar-refractivity contribution in [1.29, 1.82) is 0 Å². The summed E-state index contributed by atoms with van der Waals surface area (Å²) in [5.41, 5.74) is 0.367. The SMILES string of the molecule is C=CCP(=O)(O)Oc1cccc(C)c1F. The minimum atomic E-state index is -3.82. The molecule has 0 heterocycles. The molecule has 1 aromatic carbocycles. The summed E-state index contributed by atoms with van der Waals surface area (Å²) >= 11 is 0. The average molecular weight is 230 g/mol. The first-order valence-corrected chi connectivity index (χ1v) is 6.10. The Bertz CT molecular complexity index is 417. The van der Waals surface area contributed by atoms with E-state index in [0.717, 1.165) is 0 Å². The summed E-state index contributed by atoms with van der Waals surface area (Å²) in [6, 6.07) is 4.42. The third-order valence-electron chi connectivity index (χ3n) is 1.76. The van der Waals surface area contributed by atoms with Gasteiger partial charge in [0.05, 0.1) is 6.16 Å². The van der Waals surface area contributed by atoms with Gasteiger partial charge in [0.15, 0.2) is 11.6 Å². The Kier molecular flexibility index (Phi) is 3.66. The van der Waals surface area contributed by atoms with E-state index in [1.807, 2.05) is 0 Å². The molecule has 1 atom stereocenters. The fraction of sp³-hybridized carbons (Fsp3) is 0.200. The van der Waals surface area contributed by atoms with Gasteiger partial charge in [-0.25, -0.2) is 8.96 Å². The van der Waals surface area contributed by atoms with Gasteiger partial charge in [-0.3, -0.25) is 0 Å². The summed E-state index contributed by atoms with van der Waals surface area (Å²) in [5, 5.41) is 0. The first-order chi connectivity index (χ1) is 6.96. The molecule has 0 saturated heterocycles. The molecule has 1 aromatic rings. The topological polar surface area (TPSA) is 46.5 Å². The van der Waals surface area contributed by atoms with E-state index in [-0.39, 0.29) is 11.9 Å². The zero-order valence-corrected chi connectivity index (χ0v) is 9.21. The highest BCUT2D eigenvalue weighted by molar-refractivity contribution is 7.53. The van der Waals surface area contributed by atoms with Crippen molar-refractivity contribution in [1.82, 2.24) is 0 Å². The van der Waals surface area contributed by atoms with Crippen molar-refractivity contribution >= 4 is 7.60 Å². The quantitative estimate of drug-likeness (QED) is 0.639. The maximum Gasteiger partial charge on any atom is 0.380 e. The predicted molar refractivity (Wildman–Crippen MR) is 56.7 cm³/mol. The molecule has 15 heavy (non-hydrogen) atoms. The van der Waals surface area contributed by atoms with Crippen LogP contribution in [-0.2, 0) is 4.57 Å². The van der Waals surface area contributed by atoms with E-state index in [2.05, 4.69) is 6.58 Å². The van der Waals surface area contributed by atoms with Crippen LogP contribution in [-0.4, -0.2) is 11.1 Å². The molecule has 0 fully saturated rings. The van der Waals surface area contributed by atoms with Crippen LogP contribution < -0.4 is 4.52 Å². The van der Waals surface area contributed by atoms with Crippen molar-refractivity contribution in [2.24, 2.45) is 0 Å². The zero-order valence-electron chi connectivity index (χ0n) is 8.31. The number of aryl methyl sites for hydroxylation is 1. The summed E-state index contributed by atoms with van der Waals surface area (Å²) in [6.07, 6.45) is 1.05. The van der Waals surface area contributed by atoms with Gasteiger partial charge in [-0.2, -0.15) is 0 Å². The minimum Gasteiger partial charge on any atom is -0.421 e. The third-order valence-corrected chi connectivity index (χ3v) is 2.96. The second kappa shape index (κ2) is 4.60. The normalized spacial score (nSPS) is 14.3. The first kappa shape index (κ1) is 12.0. The molecule has 0 amide bonds. The Hall–Kier alpha value is -1.12. The van der Waals surface area contributed by atoms with Crippen LogP contribution >= 0.6 is 7.60 Å². The standard InChI is InChI=1S/C10H12FO3P/c1-3-7-15(12,13)14-9-6-4-5-8(2)10(9)11/h3-6H,1,7H2,2H3,(H,12,13). The smallest absolute Gasteiger partial charge is 0.380 e. The van der Waals surface area contributed by atoms with E-state index in [4.69, 9.17) is 4.52 Å². The molecule has 3 nitrogen and oxygen atoms in total. The lowest BCUT2D eigenvalue weighted by molar-refractivity contribution is 0.372. The Morgan fingerprint density at radius 3 is 2.93 bits per heavy atom. The van der Waals surface area contributed by atoms with Crippen LogP contribution in [0.5, 0.6) is 5.75 Å². The summed E-state index contributed by atoms with van der Waals surface area (Å²) in [5.74, 6) is -0.821. The van der Waals surface area contributed by atoms with E-state index in [1.54, 1.807) is 19.1 Å². The van der Waals surface area contributed by atoms with Gasteiger partial charge in [-0.15, -0.1) is 6.58 Å². The van der Waals surface area contributed by atoms with Crippen LogP contribution in [0.25, 0.3) is 0 Å². The van der Waals surface area contributed by atoms with Crippen LogP contribution in [0, 0.1) is 12.7 Å². The lowest BCUT2D eigenvalue weighted by Gasteiger charge is -2.12. The molecule has 0 bridgehead atoms. The van der Waals surface area contributed by atoms with Crippen LogP contribution in [0.3, 0.4) is 0 Å². The molecule has 0 aliphatic heterocycles. The van der Waals surface area contributed by atoms with Gasteiger partial charge in [0.2, 0.25) is 0 Å². The highest BCUT2D eigenvalue weighted by Gasteiger charge is 2.20. The largest absolute Gasteiger partial charge is 0.421 e. The van der Waals surface area contributed by atoms with Gasteiger partial charge in [-0.1, -0.05) is 18.2 Å². The van der Waals surface area contributed by atoms with E-state index in [9.17, 15) is 13.8 Å². The van der Waals surface area contributed by atoms with Gasteiger partial charge in [-0.05, 0) is 18.6 Å². The maximum atomic E-state index is 13.4. The average Bonchev–Trinajstić information content (AvgIpc) is 2.12. The van der Waals surface area contributed by atoms with Crippen molar-refractivity contribution in [3.05, 3.63) is 42.2 Å². The van der Waals surface area contributed by atoms with Gasteiger partial charge in [0.25, 0.3) is 0 Å². The molecule has 0 radical (unpaired) electrons. The lowest BCUT2D eigenvalue weighted by Crippen LogP contribution is -1.97. The highest BCUT2D eigenvalue weighted by atomic mass is 31.2. The second-order valence-electron chi connectivity index (χ2n) is 3.09. The monoisotopic (exact) mass is 230 g/mol. The number of allylic oxidation sites excluding steroid dienone is 1. The number of halogens is 1. The van der Waals surface area contributed by atoms with Crippen LogP contribution in [0.2, 0.25) is 0 Å². The maximum absolute atomic E-state index is 13.4. The molecule has 0 spiro atoms. The molecule has 0 aliphatic rings. The molecule has 1 unspecified atom stereocenters. The molecular formula is C10H12FO3P. The van der Waals surface area contributed by atoms with Crippen molar-refractivity contribution in [3.8, 4) is 5.75 Å². The summed E-state index contributed by atoms with van der Waals surface area (Å²) in [6.45, 7) is 4.88. The van der Waals surface area contributed by atoms with E-state index in [0.29, 0.717) is 5.56 Å². The molecule has 0 saturated carbocycles. The van der Waals surface area contributed by atoms with E-state index >= 15 is 0 Å². The van der Waals surface area contributed by atoms with E-state index in [1.165, 1.54) is 12.1 Å². The van der Waals surface area contributed by atoms with Crippen LogP contribution in [0.4, 0.5) is 4.39 Å². The Balaban J connectivity index is 2.94. The van der Waals surface area contributed by atoms with Crippen LogP contribution in [0.1, 0.15) is 5.56 Å². The molecule has 1 rings (SSSR count). The fourth-order valence-electron chi connectivity index (χ4n) is 1.05. The highest BCUT2D eigenvalue weighted by Crippen LogP contribution is 2.43. The van der Waals surface area contributed by atoms with Crippen molar-refractivity contribution in [2.45, 2.75) is 6.92 Å². The van der Waals surface area contributed by atoms with E-state index < -0.39 is 13.4 Å². The molecule has 5 heteroatoms. The summed E-state index contributed by atoms with van der Waals surface area (Å²) in [4.78, 5) is 9.28. The molecule has 1 N–H and O–H groups in total. The molecular weight excluding hydrogens is 218 g/mol. The predicted octanol–water partition coefficient (Wildman–Crippen LogP) is 2.88. The Morgan fingerprint density at radius 1 is 1.67 bits per heavy atom. The van der Waals surface area contributed by atoms with Crippen molar-refractivity contribution < 1.29 is 18.4 Å². The zero-order chi connectivity index (χ0) is 11.5.